The molecule has 0 atom stereocenters. The molecule has 1 aromatic rings. The second kappa shape index (κ2) is 7.35. The number of hydrogen-bond donors (Lipinski definition) is 1. The van der Waals surface area contributed by atoms with Crippen molar-refractivity contribution < 1.29 is 9.52 Å². The van der Waals surface area contributed by atoms with Gasteiger partial charge in [-0.15, -0.1) is 0 Å². The molecule has 0 aliphatic carbocycles. The van der Waals surface area contributed by atoms with Gasteiger partial charge in [0.1, 0.15) is 5.76 Å². The van der Waals surface area contributed by atoms with Crippen molar-refractivity contribution >= 4 is 0 Å². The molecule has 0 aliphatic heterocycles. The zero-order valence-corrected chi connectivity index (χ0v) is 7.21. The van der Waals surface area contributed by atoms with Crippen LogP contribution in [0.25, 0.3) is 0 Å². The Morgan fingerprint density at radius 3 is 2.27 bits per heavy atom. The Labute approximate surface area is 67.9 Å². The summed E-state index contributed by atoms with van der Waals surface area (Å²) in [5.41, 5.74) is 0. The smallest absolute Gasteiger partial charge is 0.103 e. The fraction of sp³-hybridized carbons (Fsp3) is 0.556. The van der Waals surface area contributed by atoms with Gasteiger partial charge in [0.25, 0.3) is 0 Å². The van der Waals surface area contributed by atoms with Crippen LogP contribution in [0.1, 0.15) is 26.0 Å². The van der Waals surface area contributed by atoms with Crippen molar-refractivity contribution in [2.75, 3.05) is 6.61 Å². The van der Waals surface area contributed by atoms with Crippen molar-refractivity contribution in [2.45, 2.75) is 26.7 Å². The van der Waals surface area contributed by atoms with Crippen molar-refractivity contribution in [1.29, 1.82) is 0 Å². The largest absolute Gasteiger partial charge is 0.469 e. The maximum atomic E-state index is 7.88. The first-order valence-electron chi connectivity index (χ1n) is 3.98. The number of rotatable bonds is 2. The van der Waals surface area contributed by atoms with Crippen LogP contribution >= 0.6 is 0 Å². The summed E-state index contributed by atoms with van der Waals surface area (Å²) in [6.07, 6.45) is 3.56. The van der Waals surface area contributed by atoms with E-state index in [1.165, 1.54) is 0 Å². The number of aryl methyl sites for hydroxylation is 1. The molecule has 1 rings (SSSR count). The average molecular weight is 156 g/mol. The lowest BCUT2D eigenvalue weighted by Crippen LogP contribution is -1.69. The van der Waals surface area contributed by atoms with E-state index in [-0.39, 0.29) is 0 Å². The van der Waals surface area contributed by atoms with Crippen LogP contribution in [0.4, 0.5) is 0 Å². The molecule has 64 valence electrons. The van der Waals surface area contributed by atoms with Gasteiger partial charge in [-0.1, -0.05) is 13.8 Å². The van der Waals surface area contributed by atoms with Gasteiger partial charge in [-0.3, -0.25) is 0 Å². The SMILES string of the molecule is CCCO.CCc1ccco1. The van der Waals surface area contributed by atoms with Gasteiger partial charge < -0.3 is 9.52 Å². The zero-order chi connectivity index (χ0) is 8.53. The summed E-state index contributed by atoms with van der Waals surface area (Å²) in [7, 11) is 0. The highest BCUT2D eigenvalue weighted by Crippen LogP contribution is 1.98. The lowest BCUT2D eigenvalue weighted by molar-refractivity contribution is 0.295. The van der Waals surface area contributed by atoms with Crippen molar-refractivity contribution in [1.82, 2.24) is 0 Å². The summed E-state index contributed by atoms with van der Waals surface area (Å²) in [4.78, 5) is 0. The van der Waals surface area contributed by atoms with Crippen LogP contribution in [-0.2, 0) is 6.42 Å². The fourth-order valence-corrected chi connectivity index (χ4v) is 0.514. The maximum Gasteiger partial charge on any atom is 0.103 e. The number of aliphatic hydroxyl groups is 1. The molecule has 0 radical (unpaired) electrons. The van der Waals surface area contributed by atoms with Gasteiger partial charge in [-0.25, -0.2) is 0 Å². The summed E-state index contributed by atoms with van der Waals surface area (Å²) in [6, 6.07) is 3.87. The molecular formula is C9H16O2. The lowest BCUT2D eigenvalue weighted by atomic mass is 10.4. The van der Waals surface area contributed by atoms with Gasteiger partial charge in [0, 0.05) is 13.0 Å². The van der Waals surface area contributed by atoms with Crippen molar-refractivity contribution in [3.8, 4) is 0 Å². The lowest BCUT2D eigenvalue weighted by Gasteiger charge is -1.79. The van der Waals surface area contributed by atoms with Crippen LogP contribution in [0.15, 0.2) is 22.8 Å². The summed E-state index contributed by atoms with van der Waals surface area (Å²) in [5, 5.41) is 7.88. The first kappa shape index (κ1) is 10.2. The minimum Gasteiger partial charge on any atom is -0.469 e. The molecule has 0 bridgehead atoms. The summed E-state index contributed by atoms with van der Waals surface area (Å²) in [5.74, 6) is 1.06. The molecule has 0 aliphatic rings. The van der Waals surface area contributed by atoms with Crippen LogP contribution in [-0.4, -0.2) is 11.7 Å². The van der Waals surface area contributed by atoms with Gasteiger partial charge in [0.2, 0.25) is 0 Å². The van der Waals surface area contributed by atoms with E-state index in [2.05, 4.69) is 6.92 Å². The Morgan fingerprint density at radius 2 is 2.09 bits per heavy atom. The summed E-state index contributed by atoms with van der Waals surface area (Å²) >= 11 is 0. The second-order valence-corrected chi connectivity index (χ2v) is 2.16. The van der Waals surface area contributed by atoms with E-state index in [9.17, 15) is 0 Å². The molecule has 1 heterocycles. The van der Waals surface area contributed by atoms with E-state index in [4.69, 9.17) is 9.52 Å². The highest BCUT2D eigenvalue weighted by Gasteiger charge is 1.84. The first-order valence-corrected chi connectivity index (χ1v) is 3.98. The minimum absolute atomic E-state index is 0.319. The Kier molecular flexibility index (Phi) is 6.84. The Balaban J connectivity index is 0.000000218. The molecular weight excluding hydrogens is 140 g/mol. The van der Waals surface area contributed by atoms with Gasteiger partial charge in [-0.05, 0) is 18.6 Å². The maximum absolute atomic E-state index is 7.88. The van der Waals surface area contributed by atoms with Crippen LogP contribution < -0.4 is 0 Å². The third-order valence-corrected chi connectivity index (χ3v) is 1.15. The highest BCUT2D eigenvalue weighted by molar-refractivity contribution is 4.96. The highest BCUT2D eigenvalue weighted by atomic mass is 16.3. The molecule has 0 unspecified atom stereocenters. The predicted molar refractivity (Wildman–Crippen MR) is 45.5 cm³/mol. The fourth-order valence-electron chi connectivity index (χ4n) is 0.514. The van der Waals surface area contributed by atoms with Crippen molar-refractivity contribution in [2.24, 2.45) is 0 Å². The second-order valence-electron chi connectivity index (χ2n) is 2.16. The van der Waals surface area contributed by atoms with Crippen molar-refractivity contribution in [3.63, 3.8) is 0 Å². The average Bonchev–Trinajstić information content (AvgIpc) is 2.56. The van der Waals surface area contributed by atoms with Gasteiger partial charge in [-0.2, -0.15) is 0 Å². The van der Waals surface area contributed by atoms with E-state index in [0.29, 0.717) is 6.61 Å². The van der Waals surface area contributed by atoms with E-state index in [0.717, 1.165) is 18.6 Å². The number of hydrogen-bond acceptors (Lipinski definition) is 2. The molecule has 0 spiro atoms. The van der Waals surface area contributed by atoms with E-state index in [1.807, 2.05) is 19.1 Å². The molecule has 0 saturated heterocycles. The topological polar surface area (TPSA) is 33.4 Å². The standard InChI is InChI=1S/C6H8O.C3H8O/c1-2-6-4-3-5-7-6;1-2-3-4/h3-5H,2H2,1H3;4H,2-3H2,1H3. The van der Waals surface area contributed by atoms with E-state index < -0.39 is 0 Å². The summed E-state index contributed by atoms with van der Waals surface area (Å²) in [6.45, 7) is 4.32. The summed E-state index contributed by atoms with van der Waals surface area (Å²) < 4.78 is 4.98. The monoisotopic (exact) mass is 156 g/mol. The Bertz CT molecular complexity index is 143. The van der Waals surface area contributed by atoms with E-state index in [1.54, 1.807) is 6.26 Å². The van der Waals surface area contributed by atoms with Gasteiger partial charge in [0.05, 0.1) is 6.26 Å². The molecule has 2 nitrogen and oxygen atoms in total. The van der Waals surface area contributed by atoms with Crippen molar-refractivity contribution in [3.05, 3.63) is 24.2 Å². The van der Waals surface area contributed by atoms with Crippen LogP contribution in [0.3, 0.4) is 0 Å². The number of aliphatic hydroxyl groups excluding tert-OH is 1. The first-order chi connectivity index (χ1) is 5.35. The third kappa shape index (κ3) is 5.67. The zero-order valence-electron chi connectivity index (χ0n) is 7.21. The van der Waals surface area contributed by atoms with E-state index >= 15 is 0 Å². The molecule has 2 heteroatoms. The molecule has 0 amide bonds. The Morgan fingerprint density at radius 1 is 1.45 bits per heavy atom. The number of furan rings is 1. The Hall–Kier alpha value is -0.760. The normalized spacial score (nSPS) is 8.64. The molecule has 1 N–H and O–H groups in total. The van der Waals surface area contributed by atoms with Gasteiger partial charge >= 0.3 is 0 Å². The quantitative estimate of drug-likeness (QED) is 0.712. The minimum atomic E-state index is 0.319. The molecule has 0 aromatic carbocycles. The van der Waals surface area contributed by atoms with Crippen LogP contribution in [0.2, 0.25) is 0 Å². The molecule has 0 saturated carbocycles. The molecule has 11 heavy (non-hydrogen) atoms. The van der Waals surface area contributed by atoms with Crippen LogP contribution in [0.5, 0.6) is 0 Å². The van der Waals surface area contributed by atoms with Gasteiger partial charge in [0.15, 0.2) is 0 Å². The third-order valence-electron chi connectivity index (χ3n) is 1.15. The van der Waals surface area contributed by atoms with Crippen LogP contribution in [0, 0.1) is 0 Å². The predicted octanol–water partition coefficient (Wildman–Crippen LogP) is 2.23. The molecule has 1 aromatic heterocycles. The molecule has 0 fully saturated rings.